The molecule has 4 heteroatoms. The van der Waals surface area contributed by atoms with Gasteiger partial charge in [0, 0.05) is 18.0 Å². The molecule has 0 spiro atoms. The molecule has 3 nitrogen and oxygen atoms in total. The Balaban J connectivity index is 1.87. The van der Waals surface area contributed by atoms with Crippen LogP contribution in [0.25, 0.3) is 0 Å². The fraction of sp³-hybridized carbons (Fsp3) is 0.688. The molecule has 1 saturated heterocycles. The number of fused-ring (bicyclic) bond motifs is 1. The van der Waals surface area contributed by atoms with Crippen molar-refractivity contribution in [3.8, 4) is 0 Å². The van der Waals surface area contributed by atoms with E-state index in [9.17, 15) is 4.79 Å². The summed E-state index contributed by atoms with van der Waals surface area (Å²) >= 11 is 1.65. The van der Waals surface area contributed by atoms with E-state index in [2.05, 4.69) is 6.92 Å². The number of nitrogens with two attached hydrogens (primary N) is 1. The van der Waals surface area contributed by atoms with E-state index in [1.54, 1.807) is 11.3 Å². The van der Waals surface area contributed by atoms with Crippen molar-refractivity contribution in [1.82, 2.24) is 4.90 Å². The second-order valence-electron chi connectivity index (χ2n) is 6.30. The number of hydrogen-bond acceptors (Lipinski definition) is 3. The summed E-state index contributed by atoms with van der Waals surface area (Å²) in [6.45, 7) is 4.09. The lowest BCUT2D eigenvalue weighted by Gasteiger charge is -2.23. The number of amides is 1. The van der Waals surface area contributed by atoms with Gasteiger partial charge in [0.25, 0.3) is 5.91 Å². The maximum Gasteiger partial charge on any atom is 0.257 e. The van der Waals surface area contributed by atoms with Crippen LogP contribution in [0.3, 0.4) is 0 Å². The Morgan fingerprint density at radius 3 is 2.65 bits per heavy atom. The van der Waals surface area contributed by atoms with E-state index in [4.69, 9.17) is 5.73 Å². The number of carbonyl (C=O) groups excluding carboxylic acids is 1. The molecule has 1 aromatic rings. The van der Waals surface area contributed by atoms with Crippen LogP contribution in [0.2, 0.25) is 0 Å². The van der Waals surface area contributed by atoms with Gasteiger partial charge in [-0.05, 0) is 43.6 Å². The average molecular weight is 292 g/mol. The van der Waals surface area contributed by atoms with Crippen molar-refractivity contribution < 1.29 is 4.79 Å². The second-order valence-corrected chi connectivity index (χ2v) is 7.43. The quantitative estimate of drug-likeness (QED) is 0.861. The van der Waals surface area contributed by atoms with Crippen LogP contribution in [0.15, 0.2) is 0 Å². The highest BCUT2D eigenvalue weighted by molar-refractivity contribution is 7.16. The molecular formula is C16H24N2OS. The van der Waals surface area contributed by atoms with E-state index < -0.39 is 0 Å². The summed E-state index contributed by atoms with van der Waals surface area (Å²) in [5.74, 6) is 0.915. The van der Waals surface area contributed by atoms with Crippen LogP contribution in [-0.4, -0.2) is 23.9 Å². The van der Waals surface area contributed by atoms with E-state index in [1.807, 2.05) is 4.90 Å². The Labute approximate surface area is 125 Å². The Kier molecular flexibility index (Phi) is 4.01. The molecular weight excluding hydrogens is 268 g/mol. The van der Waals surface area contributed by atoms with Gasteiger partial charge in [0.1, 0.15) is 0 Å². The maximum absolute atomic E-state index is 12.8. The first-order valence-corrected chi connectivity index (χ1v) is 8.67. The van der Waals surface area contributed by atoms with Gasteiger partial charge < -0.3 is 10.6 Å². The van der Waals surface area contributed by atoms with Crippen LogP contribution in [0.5, 0.6) is 0 Å². The summed E-state index contributed by atoms with van der Waals surface area (Å²) in [4.78, 5) is 16.2. The van der Waals surface area contributed by atoms with Crippen molar-refractivity contribution in [2.75, 3.05) is 18.8 Å². The minimum absolute atomic E-state index is 0.191. The first-order chi connectivity index (χ1) is 9.66. The predicted octanol–water partition coefficient (Wildman–Crippen LogP) is 3.47. The molecule has 2 heterocycles. The summed E-state index contributed by atoms with van der Waals surface area (Å²) in [5.41, 5.74) is 8.29. The molecule has 1 aliphatic carbocycles. The Hall–Kier alpha value is -1.03. The van der Waals surface area contributed by atoms with Gasteiger partial charge in [-0.25, -0.2) is 0 Å². The molecule has 2 N–H and O–H groups in total. The summed E-state index contributed by atoms with van der Waals surface area (Å²) < 4.78 is 0. The summed E-state index contributed by atoms with van der Waals surface area (Å²) in [5, 5.41) is 0.748. The molecule has 1 aliphatic heterocycles. The number of carbonyl (C=O) groups is 1. The van der Waals surface area contributed by atoms with Crippen LogP contribution in [0, 0.1) is 5.92 Å². The van der Waals surface area contributed by atoms with E-state index in [1.165, 1.54) is 29.7 Å². The predicted molar refractivity (Wildman–Crippen MR) is 84.3 cm³/mol. The highest BCUT2D eigenvalue weighted by Crippen LogP contribution is 2.38. The van der Waals surface area contributed by atoms with Gasteiger partial charge in [0.05, 0.1) is 10.6 Å². The van der Waals surface area contributed by atoms with Crippen LogP contribution in [-0.2, 0) is 12.8 Å². The third kappa shape index (κ3) is 2.58. The number of nitrogens with zero attached hydrogens (tertiary/aromatic N) is 1. The maximum atomic E-state index is 12.8. The molecule has 0 radical (unpaired) electrons. The minimum atomic E-state index is 0.191. The van der Waals surface area contributed by atoms with Gasteiger partial charge >= 0.3 is 0 Å². The van der Waals surface area contributed by atoms with Crippen LogP contribution in [0.1, 0.15) is 59.8 Å². The molecule has 1 atom stereocenters. The molecule has 110 valence electrons. The summed E-state index contributed by atoms with van der Waals surface area (Å²) in [7, 11) is 0. The fourth-order valence-electron chi connectivity index (χ4n) is 3.44. The molecule has 0 bridgehead atoms. The normalized spacial score (nSPS) is 23.2. The molecule has 0 aromatic carbocycles. The topological polar surface area (TPSA) is 46.3 Å². The Bertz CT molecular complexity index is 501. The number of nitrogen functional groups attached to an aromatic ring is 1. The molecule has 20 heavy (non-hydrogen) atoms. The zero-order valence-corrected chi connectivity index (χ0v) is 13.1. The molecule has 1 unspecified atom stereocenters. The van der Waals surface area contributed by atoms with Crippen molar-refractivity contribution >= 4 is 22.2 Å². The third-order valence-corrected chi connectivity index (χ3v) is 5.73. The first-order valence-electron chi connectivity index (χ1n) is 7.86. The zero-order valence-electron chi connectivity index (χ0n) is 12.3. The van der Waals surface area contributed by atoms with Crippen molar-refractivity contribution in [3.63, 3.8) is 0 Å². The van der Waals surface area contributed by atoms with Crippen LogP contribution >= 0.6 is 11.3 Å². The molecule has 1 fully saturated rings. The Morgan fingerprint density at radius 1 is 1.25 bits per heavy atom. The number of hydrogen-bond donors (Lipinski definition) is 1. The fourth-order valence-corrected chi connectivity index (χ4v) is 4.71. The lowest BCUT2D eigenvalue weighted by molar-refractivity contribution is 0.0761. The van der Waals surface area contributed by atoms with Crippen molar-refractivity contribution in [1.29, 1.82) is 0 Å². The highest BCUT2D eigenvalue weighted by Gasteiger charge is 2.29. The summed E-state index contributed by atoms with van der Waals surface area (Å²) in [6.07, 6.45) is 8.07. The van der Waals surface area contributed by atoms with Crippen LogP contribution in [0.4, 0.5) is 5.00 Å². The van der Waals surface area contributed by atoms with E-state index in [0.29, 0.717) is 0 Å². The number of rotatable bonds is 1. The molecule has 2 aliphatic rings. The molecule has 0 saturated carbocycles. The average Bonchev–Trinajstić information content (AvgIpc) is 2.62. The van der Waals surface area contributed by atoms with Gasteiger partial charge in [-0.3, -0.25) is 4.79 Å². The van der Waals surface area contributed by atoms with Crippen molar-refractivity contribution in [2.45, 2.75) is 51.9 Å². The van der Waals surface area contributed by atoms with Gasteiger partial charge in [-0.15, -0.1) is 11.3 Å². The standard InChI is InChI=1S/C16H24N2OS/c1-11-6-7-12-13(10-11)20-15(17)14(12)16(19)18-8-4-2-3-5-9-18/h11H,2-10,17H2,1H3. The van der Waals surface area contributed by atoms with Crippen molar-refractivity contribution in [3.05, 3.63) is 16.0 Å². The highest BCUT2D eigenvalue weighted by atomic mass is 32.1. The van der Waals surface area contributed by atoms with E-state index >= 15 is 0 Å². The van der Waals surface area contributed by atoms with Crippen molar-refractivity contribution in [2.24, 2.45) is 5.92 Å². The third-order valence-electron chi connectivity index (χ3n) is 4.65. The smallest absolute Gasteiger partial charge is 0.257 e. The number of likely N-dealkylation sites (tertiary alicyclic amines) is 1. The first kappa shape index (κ1) is 13.9. The van der Waals surface area contributed by atoms with Gasteiger partial charge in [0.15, 0.2) is 0 Å². The molecule has 3 rings (SSSR count). The number of anilines is 1. The van der Waals surface area contributed by atoms with Gasteiger partial charge in [-0.2, -0.15) is 0 Å². The monoisotopic (exact) mass is 292 g/mol. The Morgan fingerprint density at radius 2 is 1.95 bits per heavy atom. The summed E-state index contributed by atoms with van der Waals surface area (Å²) in [6, 6.07) is 0. The largest absolute Gasteiger partial charge is 0.390 e. The second kappa shape index (κ2) is 5.76. The van der Waals surface area contributed by atoms with Crippen LogP contribution < -0.4 is 5.73 Å². The van der Waals surface area contributed by atoms with Gasteiger partial charge in [-0.1, -0.05) is 19.8 Å². The number of thiophene rings is 1. The molecule has 1 amide bonds. The lowest BCUT2D eigenvalue weighted by atomic mass is 9.88. The lowest BCUT2D eigenvalue weighted by Crippen LogP contribution is -2.33. The minimum Gasteiger partial charge on any atom is -0.390 e. The SMILES string of the molecule is CC1CCc2c(sc(N)c2C(=O)N2CCCCCC2)C1. The zero-order chi connectivity index (χ0) is 14.1. The van der Waals surface area contributed by atoms with Gasteiger partial charge in [0.2, 0.25) is 0 Å². The van der Waals surface area contributed by atoms with E-state index in [-0.39, 0.29) is 5.91 Å². The van der Waals surface area contributed by atoms with E-state index in [0.717, 1.165) is 55.3 Å². The molecule has 1 aromatic heterocycles.